The second-order valence-electron chi connectivity index (χ2n) is 3.60. The third-order valence-electron chi connectivity index (χ3n) is 2.68. The van der Waals surface area contributed by atoms with E-state index in [4.69, 9.17) is 11.6 Å². The van der Waals surface area contributed by atoms with Gasteiger partial charge in [-0.05, 0) is 25.7 Å². The Morgan fingerprint density at radius 1 is 1.69 bits per heavy atom. The van der Waals surface area contributed by atoms with Crippen LogP contribution >= 0.6 is 22.9 Å². The van der Waals surface area contributed by atoms with Crippen LogP contribution in [0.2, 0.25) is 5.15 Å². The van der Waals surface area contributed by atoms with E-state index in [9.17, 15) is 0 Å². The molecule has 0 aliphatic heterocycles. The van der Waals surface area contributed by atoms with Crippen LogP contribution in [-0.2, 0) is 0 Å². The van der Waals surface area contributed by atoms with E-state index in [1.54, 1.807) is 11.3 Å². The van der Waals surface area contributed by atoms with Crippen molar-refractivity contribution in [2.24, 2.45) is 5.92 Å². The largest absolute Gasteiger partial charge is 0.359 e. The first-order valence-electron chi connectivity index (χ1n) is 4.63. The third kappa shape index (κ3) is 2.15. The van der Waals surface area contributed by atoms with E-state index in [0.29, 0.717) is 11.2 Å². The summed E-state index contributed by atoms with van der Waals surface area (Å²) in [6.07, 6.45) is 4.09. The smallest absolute Gasteiger partial charge is 0.184 e. The highest BCUT2D eigenvalue weighted by molar-refractivity contribution is 7.14. The quantitative estimate of drug-likeness (QED) is 0.838. The summed E-state index contributed by atoms with van der Waals surface area (Å²) in [6, 6.07) is 0.538. The Morgan fingerprint density at radius 2 is 2.46 bits per heavy atom. The molecule has 0 radical (unpaired) electrons. The van der Waals surface area contributed by atoms with E-state index < -0.39 is 0 Å². The summed E-state index contributed by atoms with van der Waals surface area (Å²) in [5.74, 6) is 0.836. The van der Waals surface area contributed by atoms with Crippen LogP contribution in [0.25, 0.3) is 0 Å². The van der Waals surface area contributed by atoms with Crippen molar-refractivity contribution in [3.05, 3.63) is 10.5 Å². The fourth-order valence-corrected chi connectivity index (χ4v) is 2.51. The minimum atomic E-state index is 0.538. The van der Waals surface area contributed by atoms with E-state index >= 15 is 0 Å². The third-order valence-corrected chi connectivity index (χ3v) is 3.78. The summed E-state index contributed by atoms with van der Waals surface area (Å²) in [5.41, 5.74) is 0. The molecule has 1 unspecified atom stereocenters. The van der Waals surface area contributed by atoms with Crippen molar-refractivity contribution in [3.63, 3.8) is 0 Å². The number of aromatic nitrogens is 1. The van der Waals surface area contributed by atoms with E-state index in [1.165, 1.54) is 19.3 Å². The Balaban J connectivity index is 1.89. The summed E-state index contributed by atoms with van der Waals surface area (Å²) in [4.78, 5) is 4.16. The highest BCUT2D eigenvalue weighted by Crippen LogP contribution is 2.31. The molecule has 72 valence electrons. The predicted molar refractivity (Wildman–Crippen MR) is 57.5 cm³/mol. The van der Waals surface area contributed by atoms with Gasteiger partial charge in [0.2, 0.25) is 0 Å². The van der Waals surface area contributed by atoms with Gasteiger partial charge in [-0.1, -0.05) is 18.0 Å². The van der Waals surface area contributed by atoms with Gasteiger partial charge in [-0.2, -0.15) is 0 Å². The topological polar surface area (TPSA) is 24.9 Å². The number of nitrogens with one attached hydrogen (secondary N) is 1. The number of thiazole rings is 1. The number of hydrogen-bond acceptors (Lipinski definition) is 3. The van der Waals surface area contributed by atoms with Gasteiger partial charge in [0.1, 0.15) is 5.15 Å². The molecule has 0 spiro atoms. The Kier molecular flexibility index (Phi) is 2.74. The molecule has 1 aromatic rings. The number of rotatable bonds is 3. The maximum Gasteiger partial charge on any atom is 0.184 e. The van der Waals surface area contributed by atoms with Gasteiger partial charge >= 0.3 is 0 Å². The molecule has 1 saturated carbocycles. The van der Waals surface area contributed by atoms with Gasteiger partial charge in [-0.15, -0.1) is 11.3 Å². The first-order valence-corrected chi connectivity index (χ1v) is 5.89. The van der Waals surface area contributed by atoms with Crippen molar-refractivity contribution in [2.45, 2.75) is 32.2 Å². The molecule has 1 atom stereocenters. The van der Waals surface area contributed by atoms with Crippen molar-refractivity contribution < 1.29 is 0 Å². The van der Waals surface area contributed by atoms with Gasteiger partial charge in [0.05, 0.1) is 0 Å². The SMILES string of the molecule is CC(Nc1nc(Cl)cs1)C1CCC1. The molecule has 0 saturated heterocycles. The molecule has 1 aliphatic carbocycles. The summed E-state index contributed by atoms with van der Waals surface area (Å²) >= 11 is 7.31. The average molecular weight is 217 g/mol. The van der Waals surface area contributed by atoms with E-state index in [1.807, 2.05) is 5.38 Å². The van der Waals surface area contributed by atoms with Crippen molar-refractivity contribution in [1.29, 1.82) is 0 Å². The highest BCUT2D eigenvalue weighted by atomic mass is 35.5. The lowest BCUT2D eigenvalue weighted by molar-refractivity contribution is 0.285. The van der Waals surface area contributed by atoms with Crippen LogP contribution in [0.15, 0.2) is 5.38 Å². The second-order valence-corrected chi connectivity index (χ2v) is 4.84. The first kappa shape index (κ1) is 9.28. The van der Waals surface area contributed by atoms with Gasteiger partial charge in [-0.3, -0.25) is 0 Å². The monoisotopic (exact) mass is 216 g/mol. The summed E-state index contributed by atoms with van der Waals surface area (Å²) in [6.45, 7) is 2.22. The van der Waals surface area contributed by atoms with Crippen LogP contribution in [0.5, 0.6) is 0 Å². The number of anilines is 1. The van der Waals surface area contributed by atoms with Crippen LogP contribution in [0.3, 0.4) is 0 Å². The second kappa shape index (κ2) is 3.84. The van der Waals surface area contributed by atoms with Crippen molar-refractivity contribution in [3.8, 4) is 0 Å². The summed E-state index contributed by atoms with van der Waals surface area (Å²) in [7, 11) is 0. The molecule has 2 rings (SSSR count). The first-order chi connectivity index (χ1) is 6.25. The molecule has 0 amide bonds. The highest BCUT2D eigenvalue weighted by Gasteiger charge is 2.24. The van der Waals surface area contributed by atoms with Crippen LogP contribution in [-0.4, -0.2) is 11.0 Å². The zero-order chi connectivity index (χ0) is 9.26. The zero-order valence-electron chi connectivity index (χ0n) is 7.59. The van der Waals surface area contributed by atoms with Crippen molar-refractivity contribution >= 4 is 28.1 Å². The van der Waals surface area contributed by atoms with E-state index in [2.05, 4.69) is 17.2 Å². The maximum absolute atomic E-state index is 5.73. The standard InChI is InChI=1S/C9H13ClN2S/c1-6(7-3-2-4-7)11-9-12-8(10)5-13-9/h5-7H,2-4H2,1H3,(H,11,12). The fourth-order valence-electron chi connectivity index (χ4n) is 1.57. The van der Waals surface area contributed by atoms with Gasteiger partial charge in [0, 0.05) is 11.4 Å². The average Bonchev–Trinajstić information content (AvgIpc) is 2.31. The molecule has 1 aliphatic rings. The fraction of sp³-hybridized carbons (Fsp3) is 0.667. The molecule has 1 N–H and O–H groups in total. The van der Waals surface area contributed by atoms with E-state index in [0.717, 1.165) is 11.0 Å². The number of hydrogen-bond donors (Lipinski definition) is 1. The maximum atomic E-state index is 5.73. The molecule has 2 nitrogen and oxygen atoms in total. The lowest BCUT2D eigenvalue weighted by Gasteiger charge is -2.31. The lowest BCUT2D eigenvalue weighted by Crippen LogP contribution is -2.30. The summed E-state index contributed by atoms with van der Waals surface area (Å²) in [5, 5.41) is 6.79. The predicted octanol–water partition coefficient (Wildman–Crippen LogP) is 3.40. The molecule has 1 heterocycles. The Hall–Kier alpha value is -0.280. The number of halogens is 1. The molecule has 1 fully saturated rings. The molecule has 4 heteroatoms. The van der Waals surface area contributed by atoms with Gasteiger partial charge in [0.25, 0.3) is 0 Å². The Bertz CT molecular complexity index is 283. The van der Waals surface area contributed by atoms with Crippen LogP contribution in [0.4, 0.5) is 5.13 Å². The van der Waals surface area contributed by atoms with Crippen LogP contribution in [0, 0.1) is 5.92 Å². The molecule has 1 aromatic heterocycles. The minimum Gasteiger partial charge on any atom is -0.359 e. The summed E-state index contributed by atoms with van der Waals surface area (Å²) < 4.78 is 0. The van der Waals surface area contributed by atoms with Gasteiger partial charge in [0.15, 0.2) is 5.13 Å². The molecule has 0 bridgehead atoms. The minimum absolute atomic E-state index is 0.538. The van der Waals surface area contributed by atoms with Gasteiger partial charge in [-0.25, -0.2) is 4.98 Å². The Labute approximate surface area is 87.3 Å². The molecule has 0 aromatic carbocycles. The van der Waals surface area contributed by atoms with Crippen molar-refractivity contribution in [2.75, 3.05) is 5.32 Å². The van der Waals surface area contributed by atoms with E-state index in [-0.39, 0.29) is 0 Å². The lowest BCUT2D eigenvalue weighted by atomic mass is 9.80. The Morgan fingerprint density at radius 3 is 2.92 bits per heavy atom. The molecular formula is C9H13ClN2S. The van der Waals surface area contributed by atoms with Gasteiger partial charge < -0.3 is 5.32 Å². The number of nitrogens with zero attached hydrogens (tertiary/aromatic N) is 1. The van der Waals surface area contributed by atoms with Crippen LogP contribution in [0.1, 0.15) is 26.2 Å². The van der Waals surface area contributed by atoms with Crippen LogP contribution < -0.4 is 5.32 Å². The molecule has 13 heavy (non-hydrogen) atoms. The molecular weight excluding hydrogens is 204 g/mol. The normalized spacial score (nSPS) is 19.5. The van der Waals surface area contributed by atoms with Crippen molar-refractivity contribution in [1.82, 2.24) is 4.98 Å². The zero-order valence-corrected chi connectivity index (χ0v) is 9.16.